The van der Waals surface area contributed by atoms with Crippen LogP contribution in [0, 0.1) is 10.1 Å². The molecule has 64 valence electrons. The lowest BCUT2D eigenvalue weighted by atomic mass is 10.9. The summed E-state index contributed by atoms with van der Waals surface area (Å²) in [5, 5.41) is 27.5. The Balaban J connectivity index is 4.23. The Kier molecular flexibility index (Phi) is 3.01. The summed E-state index contributed by atoms with van der Waals surface area (Å²) in [7, 11) is 1.00. The molecular weight excluding hydrogens is 158 g/mol. The summed E-state index contributed by atoms with van der Waals surface area (Å²) >= 11 is 0. The van der Waals surface area contributed by atoms with Gasteiger partial charge in [0.1, 0.15) is 0 Å². The van der Waals surface area contributed by atoms with Gasteiger partial charge in [-0.3, -0.25) is 0 Å². The van der Waals surface area contributed by atoms with E-state index in [2.05, 4.69) is 5.10 Å². The van der Waals surface area contributed by atoms with Crippen LogP contribution in [0.2, 0.25) is 0 Å². The molecule has 0 aliphatic heterocycles. The van der Waals surface area contributed by atoms with Crippen molar-refractivity contribution >= 4 is 5.96 Å². The SMILES string of the molecule is CN(C(N)=NN(O)O)[N+](=O)[O-]. The topological polar surface area (TPSA) is 128 Å². The molecule has 11 heavy (non-hydrogen) atoms. The third kappa shape index (κ3) is 3.17. The Hall–Kier alpha value is -1.61. The van der Waals surface area contributed by atoms with Crippen molar-refractivity contribution in [2.45, 2.75) is 0 Å². The van der Waals surface area contributed by atoms with E-state index in [0.717, 1.165) is 7.05 Å². The average Bonchev–Trinajstić information content (AvgIpc) is 1.84. The van der Waals surface area contributed by atoms with E-state index in [9.17, 15) is 10.1 Å². The van der Waals surface area contributed by atoms with Crippen molar-refractivity contribution in [2.75, 3.05) is 7.05 Å². The number of hydrazine groups is 1. The van der Waals surface area contributed by atoms with E-state index in [1.165, 1.54) is 0 Å². The van der Waals surface area contributed by atoms with Gasteiger partial charge in [-0.05, 0) is 5.34 Å². The number of hydrazone groups is 1. The molecule has 0 aliphatic carbocycles. The molecule has 0 aromatic rings. The van der Waals surface area contributed by atoms with Gasteiger partial charge in [0.25, 0.3) is 5.96 Å². The Labute approximate surface area is 60.9 Å². The van der Waals surface area contributed by atoms with Crippen LogP contribution in [0.1, 0.15) is 0 Å². The van der Waals surface area contributed by atoms with E-state index in [4.69, 9.17) is 16.1 Å². The molecule has 0 radical (unpaired) electrons. The van der Waals surface area contributed by atoms with Gasteiger partial charge < -0.3 is 5.73 Å². The Morgan fingerprint density at radius 3 is 2.45 bits per heavy atom. The van der Waals surface area contributed by atoms with Crippen LogP contribution in [-0.4, -0.2) is 38.8 Å². The highest BCUT2D eigenvalue weighted by molar-refractivity contribution is 5.76. The highest BCUT2D eigenvalue weighted by Gasteiger charge is 2.12. The fourth-order valence-electron chi connectivity index (χ4n) is 0.240. The maximum Gasteiger partial charge on any atom is 0.280 e. The van der Waals surface area contributed by atoms with Gasteiger partial charge in [0.2, 0.25) is 0 Å². The first-order chi connectivity index (χ1) is 4.95. The zero-order chi connectivity index (χ0) is 9.02. The first-order valence-corrected chi connectivity index (χ1v) is 2.35. The van der Waals surface area contributed by atoms with Crippen molar-refractivity contribution in [3.8, 4) is 0 Å². The second-order valence-electron chi connectivity index (χ2n) is 1.49. The first kappa shape index (κ1) is 9.39. The van der Waals surface area contributed by atoms with Crippen molar-refractivity contribution in [2.24, 2.45) is 10.8 Å². The number of hydrogen-bond acceptors (Lipinski definition) is 6. The summed E-state index contributed by atoms with van der Waals surface area (Å²) in [5.74, 6) is -0.653. The second kappa shape index (κ2) is 3.53. The van der Waals surface area contributed by atoms with Crippen LogP contribution in [0.5, 0.6) is 0 Å². The van der Waals surface area contributed by atoms with Gasteiger partial charge in [0.15, 0.2) is 5.03 Å². The van der Waals surface area contributed by atoms with Gasteiger partial charge in [-0.2, -0.15) is 0 Å². The van der Waals surface area contributed by atoms with Gasteiger partial charge in [0, 0.05) is 0 Å². The van der Waals surface area contributed by atoms with Crippen LogP contribution in [0.4, 0.5) is 0 Å². The third-order valence-electron chi connectivity index (χ3n) is 0.768. The summed E-state index contributed by atoms with van der Waals surface area (Å²) in [6, 6.07) is 0. The molecular formula is C2H7N5O4. The van der Waals surface area contributed by atoms with E-state index in [1.54, 1.807) is 0 Å². The molecule has 0 heterocycles. The summed E-state index contributed by atoms with van der Waals surface area (Å²) in [6.45, 7) is 0. The minimum atomic E-state index is -0.873. The van der Waals surface area contributed by atoms with E-state index in [1.807, 2.05) is 0 Å². The molecule has 0 bridgehead atoms. The Morgan fingerprint density at radius 1 is 1.73 bits per heavy atom. The zero-order valence-corrected chi connectivity index (χ0v) is 5.58. The predicted octanol–water partition coefficient (Wildman–Crippen LogP) is -1.58. The molecule has 0 aromatic carbocycles. The predicted molar refractivity (Wildman–Crippen MR) is 31.8 cm³/mol. The molecule has 0 saturated heterocycles. The van der Waals surface area contributed by atoms with Crippen LogP contribution in [0.25, 0.3) is 0 Å². The number of rotatable bonds is 2. The maximum atomic E-state index is 9.91. The molecule has 4 N–H and O–H groups in total. The molecule has 0 aliphatic rings. The van der Waals surface area contributed by atoms with E-state index in [-0.39, 0.29) is 0 Å². The largest absolute Gasteiger partial charge is 0.364 e. The second-order valence-corrected chi connectivity index (χ2v) is 1.49. The van der Waals surface area contributed by atoms with Crippen molar-refractivity contribution in [3.63, 3.8) is 0 Å². The van der Waals surface area contributed by atoms with E-state index >= 15 is 0 Å². The molecule has 0 saturated carbocycles. The number of nitro groups is 1. The number of guanidine groups is 1. The first-order valence-electron chi connectivity index (χ1n) is 2.35. The van der Waals surface area contributed by atoms with Crippen LogP contribution >= 0.6 is 0 Å². The molecule has 0 rings (SSSR count). The van der Waals surface area contributed by atoms with Crippen molar-refractivity contribution < 1.29 is 15.4 Å². The van der Waals surface area contributed by atoms with Crippen LogP contribution in [0.15, 0.2) is 5.10 Å². The molecule has 0 aromatic heterocycles. The Bertz CT molecular complexity index is 177. The standard InChI is InChI=1S/C2H7N5O4/c1-5(7(10)11)2(3)4-6(8)9/h8-9H,1H3,(H2,3,4). The summed E-state index contributed by atoms with van der Waals surface area (Å²) in [6.07, 6.45) is 0. The molecule has 9 heteroatoms. The van der Waals surface area contributed by atoms with Gasteiger partial charge in [-0.15, -0.1) is 0 Å². The molecule has 9 nitrogen and oxygen atoms in total. The van der Waals surface area contributed by atoms with Crippen LogP contribution in [-0.2, 0) is 0 Å². The third-order valence-corrected chi connectivity index (χ3v) is 0.768. The van der Waals surface area contributed by atoms with Crippen molar-refractivity contribution in [1.82, 2.24) is 10.3 Å². The normalized spacial score (nSPS) is 11.0. The highest BCUT2D eigenvalue weighted by atomic mass is 16.8. The maximum absolute atomic E-state index is 9.91. The smallest absolute Gasteiger partial charge is 0.280 e. The summed E-state index contributed by atoms with van der Waals surface area (Å²) in [5.41, 5.74) is 4.89. The van der Waals surface area contributed by atoms with E-state index < -0.39 is 16.3 Å². The zero-order valence-electron chi connectivity index (χ0n) is 5.58. The Morgan fingerprint density at radius 2 is 2.18 bits per heavy atom. The fourth-order valence-corrected chi connectivity index (χ4v) is 0.240. The van der Waals surface area contributed by atoms with Crippen LogP contribution < -0.4 is 5.73 Å². The van der Waals surface area contributed by atoms with Gasteiger partial charge in [-0.1, -0.05) is 10.1 Å². The van der Waals surface area contributed by atoms with Crippen molar-refractivity contribution in [1.29, 1.82) is 0 Å². The van der Waals surface area contributed by atoms with Gasteiger partial charge in [0.05, 0.1) is 7.05 Å². The lowest BCUT2D eigenvalue weighted by Gasteiger charge is -2.06. The van der Waals surface area contributed by atoms with Crippen LogP contribution in [0.3, 0.4) is 0 Å². The van der Waals surface area contributed by atoms with E-state index in [0.29, 0.717) is 5.01 Å². The minimum absolute atomic E-state index is 0.319. The fraction of sp³-hybridized carbons (Fsp3) is 0.500. The quantitative estimate of drug-likeness (QED) is 0.195. The number of nitrogens with two attached hydrogens (primary N) is 1. The monoisotopic (exact) mass is 165 g/mol. The minimum Gasteiger partial charge on any atom is -0.364 e. The molecule has 0 spiro atoms. The van der Waals surface area contributed by atoms with Gasteiger partial charge >= 0.3 is 0 Å². The summed E-state index contributed by atoms with van der Waals surface area (Å²) < 4.78 is 0. The molecule has 0 unspecified atom stereocenters. The average molecular weight is 165 g/mol. The van der Waals surface area contributed by atoms with Crippen molar-refractivity contribution in [3.05, 3.63) is 10.1 Å². The molecule has 0 atom stereocenters. The lowest BCUT2D eigenvalue weighted by molar-refractivity contribution is -0.623. The molecule has 0 amide bonds. The number of hydrogen-bond donors (Lipinski definition) is 3. The highest BCUT2D eigenvalue weighted by Crippen LogP contribution is 1.83. The van der Waals surface area contributed by atoms with Gasteiger partial charge in [-0.25, -0.2) is 20.5 Å². The number of nitrogens with zero attached hydrogens (tertiary/aromatic N) is 4. The summed E-state index contributed by atoms with van der Waals surface area (Å²) in [4.78, 5) is 9.91. The lowest BCUT2D eigenvalue weighted by Crippen LogP contribution is -2.39. The molecule has 0 fully saturated rings.